The summed E-state index contributed by atoms with van der Waals surface area (Å²) in [6, 6.07) is -0.940. The second-order valence-electron chi connectivity index (χ2n) is 23.9. The minimum absolute atomic E-state index is 0.255. The van der Waals surface area contributed by atoms with E-state index in [9.17, 15) is 45.6 Å². The third kappa shape index (κ3) is 41.0. The summed E-state index contributed by atoms with van der Waals surface area (Å²) in [5, 5.41) is 87.3. The number of carbonyl (C=O) groups excluding carboxylic acids is 1. The highest BCUT2D eigenvalue weighted by molar-refractivity contribution is 5.76. The Morgan fingerprint density at radius 2 is 0.795 bits per heavy atom. The van der Waals surface area contributed by atoms with Gasteiger partial charge >= 0.3 is 0 Å². The lowest BCUT2D eigenvalue weighted by atomic mass is 9.97. The third-order valence-corrected chi connectivity index (χ3v) is 16.1. The fourth-order valence-electron chi connectivity index (χ4n) is 10.6. The average Bonchev–Trinajstić information content (AvgIpc) is 2.07. The van der Waals surface area contributed by atoms with E-state index >= 15 is 0 Å². The van der Waals surface area contributed by atoms with Crippen molar-refractivity contribution in [2.24, 2.45) is 0 Å². The van der Waals surface area contributed by atoms with Crippen molar-refractivity contribution in [3.05, 3.63) is 122 Å². The lowest BCUT2D eigenvalue weighted by Crippen LogP contribution is -2.65. The van der Waals surface area contributed by atoms with E-state index in [0.717, 1.165) is 89.9 Å². The largest absolute Gasteiger partial charge is 0.394 e. The van der Waals surface area contributed by atoms with E-state index < -0.39 is 86.8 Å². The van der Waals surface area contributed by atoms with Crippen LogP contribution in [0.15, 0.2) is 122 Å². The van der Waals surface area contributed by atoms with Crippen LogP contribution >= 0.6 is 0 Å². The molecule has 0 spiro atoms. The molecule has 12 atom stereocenters. The molecular weight excluding hydrogens is 1110 g/mol. The van der Waals surface area contributed by atoms with Crippen LogP contribution in [0, 0.1) is 0 Å². The summed E-state index contributed by atoms with van der Waals surface area (Å²) in [5.41, 5.74) is 0. The summed E-state index contributed by atoms with van der Waals surface area (Å²) in [4.78, 5) is 13.3. The molecule has 2 aliphatic rings. The predicted octanol–water partition coefficient (Wildman–Crippen LogP) is 14.1. The zero-order valence-corrected chi connectivity index (χ0v) is 54.7. The summed E-state index contributed by atoms with van der Waals surface area (Å²) >= 11 is 0. The fourth-order valence-corrected chi connectivity index (χ4v) is 10.6. The number of carbonyl (C=O) groups is 1. The lowest BCUT2D eigenvalue weighted by Gasteiger charge is -2.46. The van der Waals surface area contributed by atoms with Gasteiger partial charge in [0.05, 0.1) is 32.0 Å². The number of allylic oxidation sites excluding steroid dienone is 19. The minimum Gasteiger partial charge on any atom is -0.394 e. The van der Waals surface area contributed by atoms with Crippen molar-refractivity contribution in [1.29, 1.82) is 0 Å². The highest BCUT2D eigenvalue weighted by Crippen LogP contribution is 2.30. The van der Waals surface area contributed by atoms with E-state index in [-0.39, 0.29) is 18.9 Å². The molecule has 0 saturated carbocycles. The Morgan fingerprint density at radius 1 is 0.420 bits per heavy atom. The van der Waals surface area contributed by atoms with Gasteiger partial charge in [0.1, 0.15) is 48.8 Å². The quantitative estimate of drug-likeness (QED) is 0.0204. The Hall–Kier alpha value is -3.61. The van der Waals surface area contributed by atoms with Gasteiger partial charge in [-0.15, -0.1) is 0 Å². The molecule has 0 aromatic rings. The summed E-state index contributed by atoms with van der Waals surface area (Å²) < 4.78 is 22.8. The van der Waals surface area contributed by atoms with Gasteiger partial charge in [-0.25, -0.2) is 0 Å². The molecule has 88 heavy (non-hydrogen) atoms. The van der Waals surface area contributed by atoms with Crippen molar-refractivity contribution in [1.82, 2.24) is 5.32 Å². The van der Waals surface area contributed by atoms with Crippen LogP contribution in [0.4, 0.5) is 0 Å². The molecule has 504 valence electrons. The number of unbranched alkanes of at least 4 members (excludes halogenated alkanes) is 24. The van der Waals surface area contributed by atoms with Crippen molar-refractivity contribution in [3.63, 3.8) is 0 Å². The maximum Gasteiger partial charge on any atom is 0.220 e. The van der Waals surface area contributed by atoms with Crippen LogP contribution in [0.1, 0.15) is 245 Å². The molecule has 0 radical (unpaired) electrons. The zero-order valence-electron chi connectivity index (χ0n) is 54.7. The Kier molecular flexibility index (Phi) is 52.4. The molecule has 2 rings (SSSR count). The van der Waals surface area contributed by atoms with Gasteiger partial charge in [-0.2, -0.15) is 0 Å². The van der Waals surface area contributed by atoms with Crippen LogP contribution < -0.4 is 5.32 Å². The number of hydrogen-bond acceptors (Lipinski definition) is 13. The van der Waals surface area contributed by atoms with E-state index in [1.807, 2.05) is 6.08 Å². The third-order valence-electron chi connectivity index (χ3n) is 16.1. The predicted molar refractivity (Wildman–Crippen MR) is 359 cm³/mol. The first kappa shape index (κ1) is 80.5. The topological polar surface area (TPSA) is 228 Å². The number of aliphatic hydroxyl groups excluding tert-OH is 8. The summed E-state index contributed by atoms with van der Waals surface area (Å²) in [6.45, 7) is 2.66. The molecule has 0 aromatic heterocycles. The lowest BCUT2D eigenvalue weighted by molar-refractivity contribution is -0.359. The Morgan fingerprint density at radius 3 is 1.25 bits per heavy atom. The van der Waals surface area contributed by atoms with Gasteiger partial charge in [-0.05, 0) is 96.3 Å². The minimum atomic E-state index is -1.80. The Balaban J connectivity index is 1.65. The molecule has 0 bridgehead atoms. The van der Waals surface area contributed by atoms with E-state index in [0.29, 0.717) is 12.8 Å². The van der Waals surface area contributed by atoms with Gasteiger partial charge in [0.15, 0.2) is 12.6 Å². The van der Waals surface area contributed by atoms with E-state index in [1.165, 1.54) is 122 Å². The second-order valence-corrected chi connectivity index (χ2v) is 23.9. The number of amides is 1. The average molecular weight is 1240 g/mol. The van der Waals surface area contributed by atoms with Crippen LogP contribution in [-0.4, -0.2) is 140 Å². The van der Waals surface area contributed by atoms with Crippen molar-refractivity contribution < 1.29 is 64.6 Å². The highest BCUT2D eigenvalue weighted by Gasteiger charge is 2.51. The molecule has 14 heteroatoms. The van der Waals surface area contributed by atoms with E-state index in [1.54, 1.807) is 6.08 Å². The molecule has 12 unspecified atom stereocenters. The molecular formula is C74H125NO13. The molecule has 14 nitrogen and oxygen atoms in total. The molecule has 2 fully saturated rings. The van der Waals surface area contributed by atoms with Gasteiger partial charge in [0, 0.05) is 6.42 Å². The smallest absolute Gasteiger partial charge is 0.220 e. The zero-order chi connectivity index (χ0) is 63.8. The molecule has 0 aromatic carbocycles. The monoisotopic (exact) mass is 1240 g/mol. The first-order chi connectivity index (χ1) is 43.1. The van der Waals surface area contributed by atoms with Crippen LogP contribution in [0.2, 0.25) is 0 Å². The molecule has 2 heterocycles. The number of hydrogen-bond donors (Lipinski definition) is 9. The molecule has 1 amide bonds. The van der Waals surface area contributed by atoms with Crippen molar-refractivity contribution in [2.45, 2.75) is 319 Å². The SMILES string of the molecule is CC/C=C\C/C=C\C/C=C\C/C=C\C/C=C\C/C=C\C/C=C\C/C=C\CCCCCCCCCCCCCCC(=O)NC(COC1OC(CO)C(OC2OC(CO)C(O)C(O)C2O)C(O)C1O)C(O)/C=C/CC/C=C/CCCCCCCCCCCCC. The van der Waals surface area contributed by atoms with Crippen LogP contribution in [-0.2, 0) is 23.7 Å². The summed E-state index contributed by atoms with van der Waals surface area (Å²) in [6.07, 6.45) is 66.8. The van der Waals surface area contributed by atoms with E-state index in [4.69, 9.17) is 18.9 Å². The van der Waals surface area contributed by atoms with Crippen LogP contribution in [0.3, 0.4) is 0 Å². The molecule has 0 aliphatic carbocycles. The maximum absolute atomic E-state index is 13.3. The number of nitrogens with one attached hydrogen (secondary N) is 1. The number of aliphatic hydroxyl groups is 8. The second kappa shape index (κ2) is 57.3. The summed E-state index contributed by atoms with van der Waals surface area (Å²) in [5.74, 6) is -0.255. The molecule has 2 saturated heterocycles. The van der Waals surface area contributed by atoms with Gasteiger partial charge < -0.3 is 65.1 Å². The first-order valence-electron chi connectivity index (χ1n) is 34.8. The maximum atomic E-state index is 13.3. The van der Waals surface area contributed by atoms with Crippen LogP contribution in [0.25, 0.3) is 0 Å². The van der Waals surface area contributed by atoms with Gasteiger partial charge in [-0.3, -0.25) is 4.79 Å². The van der Waals surface area contributed by atoms with E-state index in [2.05, 4.69) is 129 Å². The Labute approximate surface area is 533 Å². The number of ether oxygens (including phenoxy) is 4. The Bertz CT molecular complexity index is 1940. The van der Waals surface area contributed by atoms with Crippen molar-refractivity contribution in [3.8, 4) is 0 Å². The standard InChI is InChI=1S/C74H125NO13/c1-3-5-7-9-11-13-15-17-19-21-22-23-24-25-26-27-28-29-30-31-32-33-34-35-36-37-38-39-40-42-44-46-48-50-52-54-56-58-66(79)75-62(63(78)57-55-53-51-49-47-45-43-41-20-18-16-14-12-10-8-6-4-2)61-85-73-71(84)69(82)72(65(60-77)87-73)88-74-70(83)68(81)67(80)64(59-76)86-74/h5,7,11,13,17,19,22-23,25-26,28-29,31-32,34-35,47,49,55,57,62-65,67-74,76-78,80-84H,3-4,6,8-10,12,14-16,18,20-21,24,27,30,33,36-46,48,50-54,56,58-61H2,1-2H3,(H,75,79)/b7-5-,13-11-,19-17-,23-22-,26-25-,29-28-,32-31-,35-34-,49-47+,57-55+. The first-order valence-corrected chi connectivity index (χ1v) is 34.8. The molecule has 2 aliphatic heterocycles. The van der Waals surface area contributed by atoms with Crippen molar-refractivity contribution in [2.75, 3.05) is 19.8 Å². The molecule has 9 N–H and O–H groups in total. The fraction of sp³-hybridized carbons (Fsp3) is 0.716. The summed E-state index contributed by atoms with van der Waals surface area (Å²) in [7, 11) is 0. The number of rotatable bonds is 55. The van der Waals surface area contributed by atoms with Gasteiger partial charge in [-0.1, -0.05) is 264 Å². The van der Waals surface area contributed by atoms with Gasteiger partial charge in [0.25, 0.3) is 0 Å². The van der Waals surface area contributed by atoms with Gasteiger partial charge in [0.2, 0.25) is 5.91 Å². The van der Waals surface area contributed by atoms with Crippen molar-refractivity contribution >= 4 is 5.91 Å². The normalized spacial score (nSPS) is 23.9. The van der Waals surface area contributed by atoms with Crippen LogP contribution in [0.5, 0.6) is 0 Å². The highest BCUT2D eigenvalue weighted by atomic mass is 16.7.